The first-order valence-electron chi connectivity index (χ1n) is 7.96. The van der Waals surface area contributed by atoms with E-state index in [0.29, 0.717) is 17.2 Å². The molecule has 26 heavy (non-hydrogen) atoms. The van der Waals surface area contributed by atoms with Crippen molar-refractivity contribution >= 4 is 23.6 Å². The molecule has 0 bridgehead atoms. The van der Waals surface area contributed by atoms with Crippen molar-refractivity contribution in [1.29, 1.82) is 0 Å². The van der Waals surface area contributed by atoms with Gasteiger partial charge in [0, 0.05) is 11.6 Å². The van der Waals surface area contributed by atoms with Crippen LogP contribution in [0.1, 0.15) is 11.1 Å². The van der Waals surface area contributed by atoms with Crippen LogP contribution in [0.25, 0.3) is 6.08 Å². The molecular formula is C20H21NO5. The van der Waals surface area contributed by atoms with E-state index in [2.05, 4.69) is 5.32 Å². The van der Waals surface area contributed by atoms with Crippen LogP contribution >= 0.6 is 0 Å². The zero-order valence-electron chi connectivity index (χ0n) is 14.9. The van der Waals surface area contributed by atoms with Crippen LogP contribution in [0.4, 0.5) is 5.69 Å². The van der Waals surface area contributed by atoms with Crippen LogP contribution in [0, 0.1) is 6.92 Å². The Balaban J connectivity index is 1.90. The molecule has 1 N–H and O–H groups in total. The molecule has 0 heterocycles. The van der Waals surface area contributed by atoms with Gasteiger partial charge >= 0.3 is 5.97 Å². The first kappa shape index (κ1) is 19.1. The van der Waals surface area contributed by atoms with Crippen LogP contribution in [0.3, 0.4) is 0 Å². The van der Waals surface area contributed by atoms with Crippen molar-refractivity contribution < 1.29 is 23.8 Å². The van der Waals surface area contributed by atoms with Crippen molar-refractivity contribution in [2.24, 2.45) is 0 Å². The number of hydrogen-bond donors (Lipinski definition) is 1. The lowest BCUT2D eigenvalue weighted by Gasteiger charge is -2.11. The number of hydrogen-bond acceptors (Lipinski definition) is 5. The number of carbonyl (C=O) groups is 2. The third-order valence-corrected chi connectivity index (χ3v) is 3.51. The molecule has 0 unspecified atom stereocenters. The molecule has 2 aromatic carbocycles. The third kappa shape index (κ3) is 5.37. The Morgan fingerprint density at radius 1 is 1.04 bits per heavy atom. The first-order valence-corrected chi connectivity index (χ1v) is 7.96. The molecule has 0 spiro atoms. The maximum absolute atomic E-state index is 12.0. The summed E-state index contributed by atoms with van der Waals surface area (Å²) in [6, 6.07) is 12.7. The van der Waals surface area contributed by atoms with E-state index in [1.807, 2.05) is 25.1 Å². The molecule has 136 valence electrons. The normalized spacial score (nSPS) is 10.4. The van der Waals surface area contributed by atoms with Crippen LogP contribution < -0.4 is 14.8 Å². The fourth-order valence-electron chi connectivity index (χ4n) is 2.25. The van der Waals surface area contributed by atoms with Crippen LogP contribution in [0.2, 0.25) is 0 Å². The fraction of sp³-hybridized carbons (Fsp3) is 0.200. The molecule has 0 fully saturated rings. The first-order chi connectivity index (χ1) is 12.5. The number of ether oxygens (including phenoxy) is 3. The fourth-order valence-corrected chi connectivity index (χ4v) is 2.25. The Kier molecular flexibility index (Phi) is 6.79. The number of nitrogens with one attached hydrogen (secondary N) is 1. The topological polar surface area (TPSA) is 73.9 Å². The minimum absolute atomic E-state index is 0.397. The maximum atomic E-state index is 12.0. The number of anilines is 1. The van der Waals surface area contributed by atoms with E-state index in [9.17, 15) is 9.59 Å². The predicted octanol–water partition coefficient (Wildman–Crippen LogP) is 3.21. The highest BCUT2D eigenvalue weighted by Crippen LogP contribution is 2.25. The highest BCUT2D eigenvalue weighted by Gasteiger charge is 2.10. The number of amides is 1. The van der Waals surface area contributed by atoms with Crippen molar-refractivity contribution in [3.05, 3.63) is 59.7 Å². The number of carbonyl (C=O) groups excluding carboxylic acids is 2. The molecule has 2 aromatic rings. The van der Waals surface area contributed by atoms with Crippen molar-refractivity contribution in [2.75, 3.05) is 26.1 Å². The highest BCUT2D eigenvalue weighted by atomic mass is 16.5. The second kappa shape index (κ2) is 9.27. The Morgan fingerprint density at radius 2 is 1.77 bits per heavy atom. The zero-order valence-corrected chi connectivity index (χ0v) is 14.9. The van der Waals surface area contributed by atoms with Gasteiger partial charge in [-0.3, -0.25) is 4.79 Å². The van der Waals surface area contributed by atoms with E-state index in [-0.39, 0.29) is 0 Å². The van der Waals surface area contributed by atoms with E-state index in [1.165, 1.54) is 13.2 Å². The van der Waals surface area contributed by atoms with Crippen molar-refractivity contribution in [3.63, 3.8) is 0 Å². The van der Waals surface area contributed by atoms with E-state index < -0.39 is 18.5 Å². The Hall–Kier alpha value is -3.28. The second-order valence-corrected chi connectivity index (χ2v) is 5.43. The molecule has 0 saturated carbocycles. The minimum Gasteiger partial charge on any atom is -0.496 e. The monoisotopic (exact) mass is 355 g/mol. The lowest BCUT2D eigenvalue weighted by Crippen LogP contribution is -2.20. The van der Waals surface area contributed by atoms with E-state index in [0.717, 1.165) is 11.1 Å². The molecule has 1 amide bonds. The van der Waals surface area contributed by atoms with Crippen LogP contribution in [-0.2, 0) is 14.3 Å². The molecule has 6 nitrogen and oxygen atoms in total. The quantitative estimate of drug-likeness (QED) is 0.610. The summed E-state index contributed by atoms with van der Waals surface area (Å²) in [5, 5.41) is 2.66. The summed E-state index contributed by atoms with van der Waals surface area (Å²) in [6.45, 7) is 1.50. The molecule has 6 heteroatoms. The number of methoxy groups -OCH3 is 2. The van der Waals surface area contributed by atoms with Crippen LogP contribution in [0.15, 0.2) is 48.5 Å². The van der Waals surface area contributed by atoms with Gasteiger partial charge in [0.15, 0.2) is 6.61 Å². The van der Waals surface area contributed by atoms with Gasteiger partial charge < -0.3 is 19.5 Å². The highest BCUT2D eigenvalue weighted by molar-refractivity contribution is 5.95. The standard InChI is InChI=1S/C20H21NO5/c1-14-8-10-18(25-3)16(12-14)21-19(22)13-26-20(23)11-9-15-6-4-5-7-17(15)24-2/h4-12H,13H2,1-3H3,(H,21,22)/b11-9+. The molecule has 0 atom stereocenters. The van der Waals surface area contributed by atoms with Gasteiger partial charge in [-0.25, -0.2) is 4.79 Å². The average molecular weight is 355 g/mol. The summed E-state index contributed by atoms with van der Waals surface area (Å²) in [5.41, 5.74) is 2.23. The summed E-state index contributed by atoms with van der Waals surface area (Å²) in [6.07, 6.45) is 2.82. The predicted molar refractivity (Wildman–Crippen MR) is 99.3 cm³/mol. The Bertz CT molecular complexity index is 814. The van der Waals surface area contributed by atoms with Gasteiger partial charge in [-0.05, 0) is 36.8 Å². The summed E-state index contributed by atoms with van der Waals surface area (Å²) in [7, 11) is 3.07. The third-order valence-electron chi connectivity index (χ3n) is 3.51. The average Bonchev–Trinajstić information content (AvgIpc) is 2.65. The van der Waals surface area contributed by atoms with Crippen molar-refractivity contribution in [2.45, 2.75) is 6.92 Å². The smallest absolute Gasteiger partial charge is 0.331 e. The van der Waals surface area contributed by atoms with Gasteiger partial charge in [-0.2, -0.15) is 0 Å². The molecule has 0 aliphatic rings. The second-order valence-electron chi connectivity index (χ2n) is 5.43. The number of para-hydroxylation sites is 1. The SMILES string of the molecule is COc1ccccc1/C=C/C(=O)OCC(=O)Nc1cc(C)ccc1OC. The molecule has 0 aromatic heterocycles. The van der Waals surface area contributed by atoms with Crippen LogP contribution in [0.5, 0.6) is 11.5 Å². The van der Waals surface area contributed by atoms with Crippen LogP contribution in [-0.4, -0.2) is 32.7 Å². The number of esters is 1. The Morgan fingerprint density at radius 3 is 2.50 bits per heavy atom. The molecule has 2 rings (SSSR count). The summed E-state index contributed by atoms with van der Waals surface area (Å²) >= 11 is 0. The van der Waals surface area contributed by atoms with Gasteiger partial charge in [-0.1, -0.05) is 24.3 Å². The largest absolute Gasteiger partial charge is 0.496 e. The van der Waals surface area contributed by atoms with Crippen molar-refractivity contribution in [3.8, 4) is 11.5 Å². The molecule has 0 radical (unpaired) electrons. The molecule has 0 aliphatic heterocycles. The number of aryl methyl sites for hydroxylation is 1. The van der Waals surface area contributed by atoms with Gasteiger partial charge in [0.25, 0.3) is 5.91 Å². The molecular weight excluding hydrogens is 334 g/mol. The lowest BCUT2D eigenvalue weighted by molar-refractivity contribution is -0.142. The number of benzene rings is 2. The Labute approximate surface area is 152 Å². The van der Waals surface area contributed by atoms with E-state index in [4.69, 9.17) is 14.2 Å². The zero-order chi connectivity index (χ0) is 18.9. The molecule has 0 saturated heterocycles. The van der Waals surface area contributed by atoms with Gasteiger partial charge in [0.1, 0.15) is 11.5 Å². The van der Waals surface area contributed by atoms with Gasteiger partial charge in [0.05, 0.1) is 19.9 Å². The number of rotatable bonds is 7. The molecule has 0 aliphatic carbocycles. The van der Waals surface area contributed by atoms with E-state index >= 15 is 0 Å². The summed E-state index contributed by atoms with van der Waals surface area (Å²) < 4.78 is 15.3. The van der Waals surface area contributed by atoms with E-state index in [1.54, 1.807) is 37.5 Å². The maximum Gasteiger partial charge on any atom is 0.331 e. The summed E-state index contributed by atoms with van der Waals surface area (Å²) in [4.78, 5) is 23.8. The van der Waals surface area contributed by atoms with Gasteiger partial charge in [-0.15, -0.1) is 0 Å². The van der Waals surface area contributed by atoms with Gasteiger partial charge in [0.2, 0.25) is 0 Å². The van der Waals surface area contributed by atoms with Crippen molar-refractivity contribution in [1.82, 2.24) is 0 Å². The summed E-state index contributed by atoms with van der Waals surface area (Å²) in [5.74, 6) is 0.0994. The minimum atomic E-state index is -0.623. The lowest BCUT2D eigenvalue weighted by atomic mass is 10.2.